The summed E-state index contributed by atoms with van der Waals surface area (Å²) in [6, 6.07) is 0. The van der Waals surface area contributed by atoms with Gasteiger partial charge in [-0.15, -0.1) is 0 Å². The largest absolute Gasteiger partial charge is 0.450 e. The van der Waals surface area contributed by atoms with E-state index in [-0.39, 0.29) is 6.61 Å². The SMILES string of the molecule is CCCCOC(=O)NCC(F)(F)F. The van der Waals surface area contributed by atoms with Crippen LogP contribution in [0.25, 0.3) is 0 Å². The number of amides is 1. The van der Waals surface area contributed by atoms with Crippen LogP contribution < -0.4 is 5.32 Å². The fraction of sp³-hybridized carbons (Fsp3) is 0.857. The van der Waals surface area contributed by atoms with Crippen LogP contribution in [0.1, 0.15) is 19.8 Å². The number of ether oxygens (including phenoxy) is 1. The molecule has 0 spiro atoms. The highest BCUT2D eigenvalue weighted by atomic mass is 19.4. The summed E-state index contributed by atoms with van der Waals surface area (Å²) < 4.78 is 39.0. The molecule has 0 saturated carbocycles. The Hall–Kier alpha value is -0.940. The molecular weight excluding hydrogens is 187 g/mol. The number of alkyl carbamates (subject to hydrolysis) is 1. The second-order valence-corrected chi connectivity index (χ2v) is 2.46. The number of hydrogen-bond acceptors (Lipinski definition) is 2. The van der Waals surface area contributed by atoms with Crippen LogP contribution in [0.15, 0.2) is 0 Å². The van der Waals surface area contributed by atoms with E-state index in [9.17, 15) is 18.0 Å². The molecule has 0 unspecified atom stereocenters. The zero-order valence-corrected chi connectivity index (χ0v) is 7.28. The molecule has 0 rings (SSSR count). The van der Waals surface area contributed by atoms with Crippen LogP contribution in [0.4, 0.5) is 18.0 Å². The number of unbranched alkanes of at least 4 members (excludes halogenated alkanes) is 1. The van der Waals surface area contributed by atoms with Crippen molar-refractivity contribution in [3.05, 3.63) is 0 Å². The van der Waals surface area contributed by atoms with Gasteiger partial charge >= 0.3 is 12.3 Å². The van der Waals surface area contributed by atoms with E-state index in [1.54, 1.807) is 5.32 Å². The Morgan fingerprint density at radius 1 is 1.46 bits per heavy atom. The fourth-order valence-electron chi connectivity index (χ4n) is 0.533. The molecule has 0 bridgehead atoms. The minimum absolute atomic E-state index is 0.153. The summed E-state index contributed by atoms with van der Waals surface area (Å²) >= 11 is 0. The number of hydrogen-bond donors (Lipinski definition) is 1. The van der Waals surface area contributed by atoms with Crippen LogP contribution in [0, 0.1) is 0 Å². The molecule has 0 saturated heterocycles. The van der Waals surface area contributed by atoms with Crippen molar-refractivity contribution in [2.45, 2.75) is 25.9 Å². The van der Waals surface area contributed by atoms with E-state index in [0.29, 0.717) is 6.42 Å². The summed E-state index contributed by atoms with van der Waals surface area (Å²) in [6.45, 7) is 0.690. The van der Waals surface area contributed by atoms with E-state index in [4.69, 9.17) is 0 Å². The summed E-state index contributed by atoms with van der Waals surface area (Å²) in [5.74, 6) is 0. The first-order valence-corrected chi connectivity index (χ1v) is 3.93. The number of rotatable bonds is 4. The van der Waals surface area contributed by atoms with Gasteiger partial charge in [0.2, 0.25) is 0 Å². The third-order valence-corrected chi connectivity index (χ3v) is 1.16. The van der Waals surface area contributed by atoms with Gasteiger partial charge in [-0.25, -0.2) is 4.79 Å². The van der Waals surface area contributed by atoms with Crippen molar-refractivity contribution in [2.75, 3.05) is 13.2 Å². The molecule has 0 heterocycles. The summed E-state index contributed by atoms with van der Waals surface area (Å²) in [5, 5.41) is 1.60. The number of carbonyl (C=O) groups is 1. The normalized spacial score (nSPS) is 11.1. The van der Waals surface area contributed by atoms with E-state index < -0.39 is 18.8 Å². The zero-order chi connectivity index (χ0) is 10.3. The lowest BCUT2D eigenvalue weighted by Gasteiger charge is -2.08. The lowest BCUT2D eigenvalue weighted by molar-refractivity contribution is -0.123. The van der Waals surface area contributed by atoms with Gasteiger partial charge in [-0.05, 0) is 6.42 Å². The molecule has 6 heteroatoms. The minimum Gasteiger partial charge on any atom is -0.450 e. The standard InChI is InChI=1S/C7H12F3NO2/c1-2-3-4-13-6(12)11-5-7(8,9)10/h2-5H2,1H3,(H,11,12). The van der Waals surface area contributed by atoms with Gasteiger partial charge in [0.25, 0.3) is 0 Å². The van der Waals surface area contributed by atoms with Crippen molar-refractivity contribution < 1.29 is 22.7 Å². The van der Waals surface area contributed by atoms with Crippen LogP contribution in [-0.4, -0.2) is 25.4 Å². The Bertz CT molecular complexity index is 158. The van der Waals surface area contributed by atoms with Crippen LogP contribution >= 0.6 is 0 Å². The second kappa shape index (κ2) is 5.66. The minimum atomic E-state index is -4.39. The Morgan fingerprint density at radius 3 is 2.54 bits per heavy atom. The van der Waals surface area contributed by atoms with Gasteiger partial charge in [0.15, 0.2) is 0 Å². The van der Waals surface area contributed by atoms with Crippen LogP contribution in [-0.2, 0) is 4.74 Å². The Kier molecular flexibility index (Phi) is 5.25. The van der Waals surface area contributed by atoms with Gasteiger partial charge in [0.1, 0.15) is 6.54 Å². The van der Waals surface area contributed by atoms with E-state index in [0.717, 1.165) is 6.42 Å². The first-order chi connectivity index (χ1) is 5.95. The molecule has 0 aliphatic heterocycles. The predicted molar refractivity (Wildman–Crippen MR) is 40.3 cm³/mol. The molecule has 0 aromatic heterocycles. The van der Waals surface area contributed by atoms with Crippen molar-refractivity contribution in [2.24, 2.45) is 0 Å². The predicted octanol–water partition coefficient (Wildman–Crippen LogP) is 2.08. The topological polar surface area (TPSA) is 38.3 Å². The van der Waals surface area contributed by atoms with Crippen molar-refractivity contribution in [3.63, 3.8) is 0 Å². The maximum absolute atomic E-state index is 11.5. The van der Waals surface area contributed by atoms with Crippen molar-refractivity contribution in [3.8, 4) is 0 Å². The third kappa shape index (κ3) is 8.97. The molecule has 0 aromatic rings. The number of halogens is 3. The molecule has 0 atom stereocenters. The highest BCUT2D eigenvalue weighted by Crippen LogP contribution is 2.12. The van der Waals surface area contributed by atoms with E-state index >= 15 is 0 Å². The molecule has 78 valence electrons. The summed E-state index contributed by atoms with van der Waals surface area (Å²) in [5.41, 5.74) is 0. The monoisotopic (exact) mass is 199 g/mol. The zero-order valence-electron chi connectivity index (χ0n) is 7.28. The van der Waals surface area contributed by atoms with Crippen LogP contribution in [0.5, 0.6) is 0 Å². The third-order valence-electron chi connectivity index (χ3n) is 1.16. The summed E-state index contributed by atoms with van der Waals surface area (Å²) in [7, 11) is 0. The van der Waals surface area contributed by atoms with Crippen LogP contribution in [0.3, 0.4) is 0 Å². The Balaban J connectivity index is 3.41. The van der Waals surface area contributed by atoms with E-state index in [1.807, 2.05) is 6.92 Å². The van der Waals surface area contributed by atoms with E-state index in [1.165, 1.54) is 0 Å². The molecular formula is C7H12F3NO2. The molecule has 13 heavy (non-hydrogen) atoms. The number of carbonyl (C=O) groups excluding carboxylic acids is 1. The molecule has 0 aliphatic carbocycles. The Morgan fingerprint density at radius 2 is 2.08 bits per heavy atom. The van der Waals surface area contributed by atoms with Gasteiger partial charge < -0.3 is 10.1 Å². The smallest absolute Gasteiger partial charge is 0.407 e. The quantitative estimate of drug-likeness (QED) is 0.704. The number of nitrogens with one attached hydrogen (secondary N) is 1. The second-order valence-electron chi connectivity index (χ2n) is 2.46. The molecule has 1 amide bonds. The summed E-state index contributed by atoms with van der Waals surface area (Å²) in [6.07, 6.45) is -3.93. The molecule has 0 aliphatic rings. The van der Waals surface area contributed by atoms with Crippen molar-refractivity contribution >= 4 is 6.09 Å². The van der Waals surface area contributed by atoms with Gasteiger partial charge in [-0.1, -0.05) is 13.3 Å². The average molecular weight is 199 g/mol. The first kappa shape index (κ1) is 12.1. The van der Waals surface area contributed by atoms with Crippen molar-refractivity contribution in [1.29, 1.82) is 0 Å². The van der Waals surface area contributed by atoms with Crippen molar-refractivity contribution in [1.82, 2.24) is 5.32 Å². The van der Waals surface area contributed by atoms with Gasteiger partial charge in [0, 0.05) is 0 Å². The highest BCUT2D eigenvalue weighted by Gasteiger charge is 2.27. The van der Waals surface area contributed by atoms with E-state index in [2.05, 4.69) is 4.74 Å². The molecule has 3 nitrogen and oxygen atoms in total. The molecule has 0 aromatic carbocycles. The first-order valence-electron chi connectivity index (χ1n) is 3.93. The Labute approximate surface area is 74.3 Å². The molecule has 1 N–H and O–H groups in total. The maximum Gasteiger partial charge on any atom is 0.407 e. The molecule has 0 radical (unpaired) electrons. The molecule has 0 fully saturated rings. The van der Waals surface area contributed by atoms with Gasteiger partial charge in [0.05, 0.1) is 6.61 Å². The highest BCUT2D eigenvalue weighted by molar-refractivity contribution is 5.67. The number of alkyl halides is 3. The van der Waals surface area contributed by atoms with Gasteiger partial charge in [-0.3, -0.25) is 0 Å². The fourth-order valence-corrected chi connectivity index (χ4v) is 0.533. The van der Waals surface area contributed by atoms with Gasteiger partial charge in [-0.2, -0.15) is 13.2 Å². The lowest BCUT2D eigenvalue weighted by atomic mass is 10.4. The average Bonchev–Trinajstić information content (AvgIpc) is 2.00. The maximum atomic E-state index is 11.5. The summed E-state index contributed by atoms with van der Waals surface area (Å²) in [4.78, 5) is 10.5. The lowest BCUT2D eigenvalue weighted by Crippen LogP contribution is -2.34. The van der Waals surface area contributed by atoms with Crippen LogP contribution in [0.2, 0.25) is 0 Å².